The number of Topliss-reactive ketones (excluding diaryl/α,β-unsaturated/α-hetero) is 2. The quantitative estimate of drug-likeness (QED) is 0.135. The van der Waals surface area contributed by atoms with Gasteiger partial charge >= 0.3 is 0 Å². The van der Waals surface area contributed by atoms with Gasteiger partial charge in [-0.2, -0.15) is 0 Å². The molecular formula is C35H47N7O2S. The van der Waals surface area contributed by atoms with E-state index in [2.05, 4.69) is 57.1 Å². The lowest BCUT2D eigenvalue weighted by atomic mass is 9.90. The van der Waals surface area contributed by atoms with Crippen LogP contribution in [0.1, 0.15) is 46.9 Å². The zero-order chi connectivity index (χ0) is 32.2. The van der Waals surface area contributed by atoms with Crippen molar-refractivity contribution in [2.45, 2.75) is 31.6 Å². The molecule has 1 unspecified atom stereocenters. The van der Waals surface area contributed by atoms with Gasteiger partial charge in [0.15, 0.2) is 0 Å². The molecule has 0 bridgehead atoms. The summed E-state index contributed by atoms with van der Waals surface area (Å²) in [6.07, 6.45) is 12.4. The minimum absolute atomic E-state index is 0.0187. The first-order valence-electron chi connectivity index (χ1n) is 15.7. The number of carbonyl (C=O) groups is 2. The second kappa shape index (κ2) is 17.0. The van der Waals surface area contributed by atoms with Gasteiger partial charge in [-0.25, -0.2) is 4.98 Å². The Morgan fingerprint density at radius 3 is 2.60 bits per heavy atom. The molecule has 1 atom stereocenters. The number of nitrogens with two attached hydrogens (primary N) is 1. The first-order chi connectivity index (χ1) is 21.8. The number of nitrogens with one attached hydrogen (secondary N) is 2. The van der Waals surface area contributed by atoms with Gasteiger partial charge in [-0.15, -0.1) is 11.8 Å². The van der Waals surface area contributed by atoms with Gasteiger partial charge in [0.1, 0.15) is 17.2 Å². The minimum Gasteiger partial charge on any atom is -0.394 e. The van der Waals surface area contributed by atoms with E-state index in [9.17, 15) is 9.59 Å². The second-order valence-corrected chi connectivity index (χ2v) is 12.8. The largest absolute Gasteiger partial charge is 0.394 e. The number of thioether (sulfide) groups is 1. The monoisotopic (exact) mass is 629 g/mol. The number of aromatic nitrogens is 1. The predicted molar refractivity (Wildman–Crippen MR) is 188 cm³/mol. The standard InChI is InChI=1S/C35H47N7O2S/c1-5-11-27(12-6-2)45-31(14-9-19-40(3)4)39-26-15-16-28-29(25-26)34(43)32(36)33(35(28)44)38-18-10-20-41-21-23-42(24-22-41)30-13-7-8-17-37-30/h5-8,11-13,15-17,25,31,38-39H,1,9-10,14,18-24,36H2,2-4H3/b12-6-,27-11+. The molecule has 10 heteroatoms. The van der Waals surface area contributed by atoms with Crippen molar-refractivity contribution in [2.24, 2.45) is 5.73 Å². The molecule has 1 aliphatic heterocycles. The Balaban J connectivity index is 1.34. The molecule has 4 N–H and O–H groups in total. The number of hydrogen-bond acceptors (Lipinski definition) is 10. The third-order valence-electron chi connectivity index (χ3n) is 7.84. The van der Waals surface area contributed by atoms with Crippen molar-refractivity contribution >= 4 is 34.8 Å². The molecular weight excluding hydrogens is 582 g/mol. The Hall–Kier alpha value is -3.86. The van der Waals surface area contributed by atoms with Gasteiger partial charge in [-0.05, 0) is 89.8 Å². The van der Waals surface area contributed by atoms with Crippen LogP contribution in [0.5, 0.6) is 0 Å². The molecule has 2 aromatic rings. The molecule has 1 aromatic heterocycles. The highest BCUT2D eigenvalue weighted by Gasteiger charge is 2.31. The average molecular weight is 630 g/mol. The number of fused-ring (bicyclic) bond motifs is 1. The van der Waals surface area contributed by atoms with Crippen LogP contribution in [0.2, 0.25) is 0 Å². The highest BCUT2D eigenvalue weighted by Crippen LogP contribution is 2.31. The first-order valence-corrected chi connectivity index (χ1v) is 16.6. The molecule has 9 nitrogen and oxygen atoms in total. The number of anilines is 2. The summed E-state index contributed by atoms with van der Waals surface area (Å²) in [5.74, 6) is 0.459. The summed E-state index contributed by atoms with van der Waals surface area (Å²) < 4.78 is 0. The fourth-order valence-corrected chi connectivity index (χ4v) is 6.68. The van der Waals surface area contributed by atoms with E-state index in [1.54, 1.807) is 30.0 Å². The topological polar surface area (TPSA) is 107 Å². The molecule has 240 valence electrons. The number of rotatable bonds is 16. The molecule has 1 fully saturated rings. The molecule has 2 heterocycles. The van der Waals surface area contributed by atoms with E-state index in [1.807, 2.05) is 49.5 Å². The van der Waals surface area contributed by atoms with E-state index in [0.717, 1.165) is 74.9 Å². The maximum absolute atomic E-state index is 13.4. The molecule has 1 aliphatic carbocycles. The number of nitrogens with zero attached hydrogens (tertiary/aromatic N) is 4. The zero-order valence-corrected chi connectivity index (χ0v) is 27.6. The highest BCUT2D eigenvalue weighted by atomic mass is 32.2. The maximum Gasteiger partial charge on any atom is 0.211 e. The minimum atomic E-state index is -0.320. The molecule has 4 rings (SSSR count). The van der Waals surface area contributed by atoms with E-state index >= 15 is 0 Å². The molecule has 0 amide bonds. The fourth-order valence-electron chi connectivity index (χ4n) is 5.49. The summed E-state index contributed by atoms with van der Waals surface area (Å²) in [6, 6.07) is 11.4. The van der Waals surface area contributed by atoms with E-state index in [-0.39, 0.29) is 28.3 Å². The van der Waals surface area contributed by atoms with Crippen molar-refractivity contribution in [3.63, 3.8) is 0 Å². The normalized spacial score (nSPS) is 16.8. The third-order valence-corrected chi connectivity index (χ3v) is 9.02. The molecule has 1 aromatic carbocycles. The van der Waals surface area contributed by atoms with E-state index in [1.165, 1.54) is 0 Å². The first kappa shape index (κ1) is 34.0. The SMILES string of the molecule is C=C/C=C(\C=C/C)SC(CCCN(C)C)Nc1ccc2c(c1)C(=O)C(N)=C(NCCCN1CCN(c3ccccn3)CC1)C2=O. The Morgan fingerprint density at radius 2 is 1.91 bits per heavy atom. The summed E-state index contributed by atoms with van der Waals surface area (Å²) in [5, 5.41) is 6.83. The van der Waals surface area contributed by atoms with Crippen LogP contribution in [0.3, 0.4) is 0 Å². The van der Waals surface area contributed by atoms with Crippen molar-refractivity contribution in [3.8, 4) is 0 Å². The average Bonchev–Trinajstić information content (AvgIpc) is 3.04. The van der Waals surface area contributed by atoms with Crippen molar-refractivity contribution in [1.29, 1.82) is 0 Å². The lowest BCUT2D eigenvalue weighted by Crippen LogP contribution is -2.47. The van der Waals surface area contributed by atoms with Gasteiger partial charge in [-0.3, -0.25) is 14.5 Å². The number of hydrogen-bond donors (Lipinski definition) is 3. The molecule has 0 spiro atoms. The molecule has 1 saturated heterocycles. The lowest BCUT2D eigenvalue weighted by Gasteiger charge is -2.35. The molecule has 0 radical (unpaired) electrons. The smallest absolute Gasteiger partial charge is 0.211 e. The Labute approximate surface area is 272 Å². The van der Waals surface area contributed by atoms with Crippen LogP contribution in [0.25, 0.3) is 0 Å². The number of benzene rings is 1. The summed E-state index contributed by atoms with van der Waals surface area (Å²) in [7, 11) is 4.13. The van der Waals surface area contributed by atoms with E-state index in [4.69, 9.17) is 5.73 Å². The van der Waals surface area contributed by atoms with Gasteiger partial charge in [0, 0.05) is 60.6 Å². The Kier molecular flexibility index (Phi) is 12.9. The van der Waals surface area contributed by atoms with Crippen LogP contribution in [-0.4, -0.2) is 91.6 Å². The molecule has 2 aliphatic rings. The Morgan fingerprint density at radius 1 is 1.11 bits per heavy atom. The van der Waals surface area contributed by atoms with Crippen LogP contribution in [0.15, 0.2) is 89.8 Å². The summed E-state index contributed by atoms with van der Waals surface area (Å²) in [5.41, 5.74) is 7.96. The van der Waals surface area contributed by atoms with Crippen molar-refractivity contribution in [1.82, 2.24) is 20.1 Å². The van der Waals surface area contributed by atoms with Gasteiger partial charge in [0.05, 0.1) is 5.37 Å². The van der Waals surface area contributed by atoms with Crippen LogP contribution >= 0.6 is 11.8 Å². The zero-order valence-electron chi connectivity index (χ0n) is 26.8. The van der Waals surface area contributed by atoms with Crippen LogP contribution in [-0.2, 0) is 0 Å². The lowest BCUT2D eigenvalue weighted by molar-refractivity contribution is 0.0967. The van der Waals surface area contributed by atoms with Gasteiger partial charge < -0.3 is 26.2 Å². The number of carbonyl (C=O) groups excluding carboxylic acids is 2. The van der Waals surface area contributed by atoms with Gasteiger partial charge in [0.2, 0.25) is 11.6 Å². The molecule has 45 heavy (non-hydrogen) atoms. The van der Waals surface area contributed by atoms with Crippen molar-refractivity contribution in [3.05, 3.63) is 101 Å². The summed E-state index contributed by atoms with van der Waals surface area (Å²) >= 11 is 1.71. The number of pyridine rings is 1. The van der Waals surface area contributed by atoms with Crippen molar-refractivity contribution < 1.29 is 9.59 Å². The summed E-state index contributed by atoms with van der Waals surface area (Å²) in [6.45, 7) is 12.0. The van der Waals surface area contributed by atoms with Crippen LogP contribution in [0, 0.1) is 0 Å². The molecule has 0 saturated carbocycles. The summed E-state index contributed by atoms with van der Waals surface area (Å²) in [4.78, 5) is 39.2. The number of allylic oxidation sites excluding steroid dienone is 6. The van der Waals surface area contributed by atoms with E-state index < -0.39 is 0 Å². The highest BCUT2D eigenvalue weighted by molar-refractivity contribution is 8.03. The number of piperazine rings is 1. The van der Waals surface area contributed by atoms with Gasteiger partial charge in [-0.1, -0.05) is 30.9 Å². The maximum atomic E-state index is 13.4. The van der Waals surface area contributed by atoms with Crippen LogP contribution in [0.4, 0.5) is 11.5 Å². The van der Waals surface area contributed by atoms with E-state index in [0.29, 0.717) is 17.7 Å². The third kappa shape index (κ3) is 9.56. The number of ketones is 2. The predicted octanol–water partition coefficient (Wildman–Crippen LogP) is 4.89. The van der Waals surface area contributed by atoms with Crippen LogP contribution < -0.4 is 21.3 Å². The van der Waals surface area contributed by atoms with Crippen molar-refractivity contribution in [2.75, 3.05) is 70.1 Å². The second-order valence-electron chi connectivity index (χ2n) is 11.5. The van der Waals surface area contributed by atoms with Gasteiger partial charge in [0.25, 0.3) is 0 Å². The Bertz CT molecular complexity index is 1410. The fraction of sp³-hybridized carbons (Fsp3) is 0.400.